The highest BCUT2D eigenvalue weighted by atomic mass is 19.3. The number of carboxylic acid groups (broad SMARTS) is 1. The van der Waals surface area contributed by atoms with E-state index in [2.05, 4.69) is 10.2 Å². The maximum absolute atomic E-state index is 12.3. The Balaban J connectivity index is 1.81. The smallest absolute Gasteiger partial charge is 0.304 e. The van der Waals surface area contributed by atoms with E-state index in [0.717, 1.165) is 25.3 Å². The third-order valence-electron chi connectivity index (χ3n) is 4.18. The van der Waals surface area contributed by atoms with Crippen molar-refractivity contribution in [1.82, 2.24) is 10.2 Å². The Kier molecular flexibility index (Phi) is 5.72. The van der Waals surface area contributed by atoms with Crippen LogP contribution in [0, 0.1) is 11.8 Å². The van der Waals surface area contributed by atoms with Gasteiger partial charge in [-0.25, -0.2) is 8.78 Å². The van der Waals surface area contributed by atoms with Gasteiger partial charge in [-0.15, -0.1) is 0 Å². The maximum Gasteiger partial charge on any atom is 0.304 e. The molecule has 116 valence electrons. The Morgan fingerprint density at radius 2 is 2.05 bits per heavy atom. The van der Waals surface area contributed by atoms with Gasteiger partial charge in [-0.2, -0.15) is 0 Å². The Bertz CT molecular complexity index is 324. The van der Waals surface area contributed by atoms with E-state index < -0.39 is 12.4 Å². The molecule has 2 N–H and O–H groups in total. The van der Waals surface area contributed by atoms with Gasteiger partial charge in [0, 0.05) is 25.7 Å². The molecule has 1 saturated heterocycles. The molecule has 2 rings (SSSR count). The van der Waals surface area contributed by atoms with E-state index in [4.69, 9.17) is 5.11 Å². The highest BCUT2D eigenvalue weighted by Gasteiger charge is 2.32. The number of halogens is 2. The number of likely N-dealkylation sites (tertiary alicyclic amines) is 1. The van der Waals surface area contributed by atoms with E-state index in [9.17, 15) is 13.6 Å². The fourth-order valence-corrected chi connectivity index (χ4v) is 3.14. The topological polar surface area (TPSA) is 52.6 Å². The fourth-order valence-electron chi connectivity index (χ4n) is 3.14. The quantitative estimate of drug-likeness (QED) is 0.716. The number of carbonyl (C=O) groups is 1. The van der Waals surface area contributed by atoms with Gasteiger partial charge in [-0.1, -0.05) is 12.8 Å². The number of nitrogens with one attached hydrogen (secondary N) is 1. The monoisotopic (exact) mass is 290 g/mol. The summed E-state index contributed by atoms with van der Waals surface area (Å²) < 4.78 is 24.6. The van der Waals surface area contributed by atoms with Crippen molar-refractivity contribution in [2.24, 2.45) is 11.8 Å². The van der Waals surface area contributed by atoms with Crippen molar-refractivity contribution in [3.8, 4) is 0 Å². The molecule has 0 spiro atoms. The summed E-state index contributed by atoms with van der Waals surface area (Å²) in [7, 11) is 0. The molecule has 6 heteroatoms. The first-order valence-corrected chi connectivity index (χ1v) is 7.48. The number of nitrogens with zero attached hydrogens (tertiary/aromatic N) is 1. The molecule has 0 amide bonds. The maximum atomic E-state index is 12.3. The minimum atomic E-state index is -2.33. The van der Waals surface area contributed by atoms with Gasteiger partial charge in [-0.05, 0) is 24.7 Å². The second-order valence-electron chi connectivity index (χ2n) is 6.18. The summed E-state index contributed by atoms with van der Waals surface area (Å²) in [6.07, 6.45) is 2.48. The van der Waals surface area contributed by atoms with Crippen molar-refractivity contribution in [2.75, 3.05) is 26.2 Å². The van der Waals surface area contributed by atoms with Crippen molar-refractivity contribution in [2.45, 2.75) is 44.6 Å². The number of alkyl halides is 2. The summed E-state index contributed by atoms with van der Waals surface area (Å²) in [5.74, 6) is 0.529. The predicted octanol–water partition coefficient (Wildman–Crippen LogP) is 1.81. The second-order valence-corrected chi connectivity index (χ2v) is 6.18. The van der Waals surface area contributed by atoms with Crippen LogP contribution in [0.1, 0.15) is 32.1 Å². The molecule has 4 nitrogen and oxygen atoms in total. The normalized spacial score (nSPS) is 27.9. The summed E-state index contributed by atoms with van der Waals surface area (Å²) in [6, 6.07) is 0.0651. The van der Waals surface area contributed by atoms with Crippen LogP contribution in [0.4, 0.5) is 8.78 Å². The van der Waals surface area contributed by atoms with Gasteiger partial charge in [0.05, 0.1) is 13.0 Å². The predicted molar refractivity (Wildman–Crippen MR) is 71.9 cm³/mol. The van der Waals surface area contributed by atoms with Crippen molar-refractivity contribution in [3.63, 3.8) is 0 Å². The molecule has 1 saturated carbocycles. The second kappa shape index (κ2) is 7.31. The van der Waals surface area contributed by atoms with Crippen LogP contribution in [0.3, 0.4) is 0 Å². The van der Waals surface area contributed by atoms with Crippen molar-refractivity contribution in [3.05, 3.63) is 0 Å². The van der Waals surface area contributed by atoms with E-state index in [1.54, 1.807) is 0 Å². The summed E-state index contributed by atoms with van der Waals surface area (Å²) in [5.41, 5.74) is 0. The molecule has 0 bridgehead atoms. The summed E-state index contributed by atoms with van der Waals surface area (Å²) >= 11 is 0. The number of hydrogen-bond acceptors (Lipinski definition) is 3. The van der Waals surface area contributed by atoms with Crippen LogP contribution in [0.25, 0.3) is 0 Å². The molecule has 2 fully saturated rings. The lowest BCUT2D eigenvalue weighted by molar-refractivity contribution is -0.137. The first-order chi connectivity index (χ1) is 9.52. The Morgan fingerprint density at radius 1 is 1.30 bits per heavy atom. The molecule has 0 aromatic carbocycles. The van der Waals surface area contributed by atoms with Crippen LogP contribution in [0.15, 0.2) is 0 Å². The summed E-state index contributed by atoms with van der Waals surface area (Å²) in [4.78, 5) is 12.8. The van der Waals surface area contributed by atoms with Gasteiger partial charge in [-0.3, -0.25) is 4.79 Å². The van der Waals surface area contributed by atoms with Crippen LogP contribution < -0.4 is 5.32 Å². The zero-order valence-corrected chi connectivity index (χ0v) is 11.7. The summed E-state index contributed by atoms with van der Waals surface area (Å²) in [5, 5.41) is 11.7. The molecular weight excluding hydrogens is 266 g/mol. The van der Waals surface area contributed by atoms with Crippen molar-refractivity contribution in [1.29, 1.82) is 0 Å². The highest BCUT2D eigenvalue weighted by Crippen LogP contribution is 2.37. The van der Waals surface area contributed by atoms with Gasteiger partial charge >= 0.3 is 5.97 Å². The number of aliphatic carboxylic acids is 1. The Labute approximate surface area is 118 Å². The van der Waals surface area contributed by atoms with Gasteiger partial charge in [0.15, 0.2) is 0 Å². The average molecular weight is 290 g/mol. The SMILES string of the molecule is O=C(O)CCN1CC(CC2CC2)CC(NCC(F)F)C1. The number of rotatable bonds is 8. The molecule has 0 aromatic rings. The molecule has 0 radical (unpaired) electrons. The lowest BCUT2D eigenvalue weighted by Gasteiger charge is -2.38. The number of piperidine rings is 1. The molecule has 1 aliphatic heterocycles. The van der Waals surface area contributed by atoms with Gasteiger partial charge in [0.2, 0.25) is 0 Å². The van der Waals surface area contributed by atoms with Gasteiger partial charge in [0.25, 0.3) is 6.43 Å². The standard InChI is InChI=1S/C14H24F2N2O2/c15-13(16)7-17-12-6-11(5-10-1-2-10)8-18(9-12)4-3-14(19)20/h10-13,17H,1-9H2,(H,19,20). The Morgan fingerprint density at radius 3 is 2.65 bits per heavy atom. The molecule has 2 aliphatic rings. The third-order valence-corrected chi connectivity index (χ3v) is 4.18. The zero-order valence-electron chi connectivity index (χ0n) is 11.7. The lowest BCUT2D eigenvalue weighted by atomic mass is 9.89. The molecule has 1 aliphatic carbocycles. The minimum absolute atomic E-state index is 0.0651. The molecule has 2 unspecified atom stereocenters. The number of hydrogen-bond donors (Lipinski definition) is 2. The summed E-state index contributed by atoms with van der Waals surface area (Å²) in [6.45, 7) is 1.84. The van der Waals surface area contributed by atoms with E-state index in [1.807, 2.05) is 0 Å². The van der Waals surface area contributed by atoms with Crippen LogP contribution in [-0.2, 0) is 4.79 Å². The lowest BCUT2D eigenvalue weighted by Crippen LogP contribution is -2.50. The van der Waals surface area contributed by atoms with Crippen LogP contribution >= 0.6 is 0 Å². The van der Waals surface area contributed by atoms with Crippen LogP contribution in [-0.4, -0.2) is 54.6 Å². The van der Waals surface area contributed by atoms with Crippen molar-refractivity contribution >= 4 is 5.97 Å². The van der Waals surface area contributed by atoms with Crippen LogP contribution in [0.5, 0.6) is 0 Å². The zero-order chi connectivity index (χ0) is 14.5. The van der Waals surface area contributed by atoms with Crippen LogP contribution in [0.2, 0.25) is 0 Å². The molecule has 0 aromatic heterocycles. The Hall–Kier alpha value is -0.750. The van der Waals surface area contributed by atoms with E-state index >= 15 is 0 Å². The van der Waals surface area contributed by atoms with Crippen molar-refractivity contribution < 1.29 is 18.7 Å². The third kappa shape index (κ3) is 5.71. The molecule has 2 atom stereocenters. The molecule has 20 heavy (non-hydrogen) atoms. The molecular formula is C14H24F2N2O2. The largest absolute Gasteiger partial charge is 0.481 e. The highest BCUT2D eigenvalue weighted by molar-refractivity contribution is 5.66. The van der Waals surface area contributed by atoms with E-state index in [0.29, 0.717) is 19.0 Å². The average Bonchev–Trinajstić information content (AvgIpc) is 3.17. The molecule has 1 heterocycles. The first kappa shape index (κ1) is 15.6. The van der Waals surface area contributed by atoms with E-state index in [1.165, 1.54) is 12.8 Å². The fraction of sp³-hybridized carbons (Fsp3) is 0.929. The minimum Gasteiger partial charge on any atom is -0.481 e. The van der Waals surface area contributed by atoms with E-state index in [-0.39, 0.29) is 19.0 Å². The van der Waals surface area contributed by atoms with Gasteiger partial charge < -0.3 is 15.3 Å². The number of carboxylic acids is 1. The van der Waals surface area contributed by atoms with Gasteiger partial charge in [0.1, 0.15) is 0 Å². The first-order valence-electron chi connectivity index (χ1n) is 7.48.